The normalized spacial score (nSPS) is 15.3. The van der Waals surface area contributed by atoms with Crippen molar-refractivity contribution in [1.82, 2.24) is 45.3 Å². The highest BCUT2D eigenvalue weighted by Gasteiger charge is 2.33. The summed E-state index contributed by atoms with van der Waals surface area (Å²) in [6.07, 6.45) is 8.88. The van der Waals surface area contributed by atoms with Crippen LogP contribution in [0.25, 0.3) is 33.8 Å². The van der Waals surface area contributed by atoms with Gasteiger partial charge in [-0.15, -0.1) is 0 Å². The molecule has 0 radical (unpaired) electrons. The molecule has 12 rings (SSSR count). The smallest absolute Gasteiger partial charge is 0.254 e. The Labute approximate surface area is 559 Å². The summed E-state index contributed by atoms with van der Waals surface area (Å²) >= 11 is 6.49. The number of aromatic nitrogens is 6. The van der Waals surface area contributed by atoms with Crippen LogP contribution in [0.3, 0.4) is 0 Å². The molecular formula is C72H77ClF2N14O7. The van der Waals surface area contributed by atoms with Crippen molar-refractivity contribution in [1.29, 1.82) is 0 Å². The molecule has 6 aromatic carbocycles. The molecule has 2 aliphatic carbocycles. The Morgan fingerprint density at radius 3 is 1.43 bits per heavy atom. The molecular weight excluding hydrogens is 1250 g/mol. The zero-order chi connectivity index (χ0) is 68.5. The zero-order valence-corrected chi connectivity index (χ0v) is 54.5. The lowest BCUT2D eigenvalue weighted by molar-refractivity contribution is 0.0941. The van der Waals surface area contributed by atoms with Crippen molar-refractivity contribution in [3.8, 4) is 33.8 Å². The Morgan fingerprint density at radius 2 is 0.938 bits per heavy atom. The van der Waals surface area contributed by atoms with Crippen molar-refractivity contribution in [3.63, 3.8) is 0 Å². The van der Waals surface area contributed by atoms with Gasteiger partial charge in [-0.3, -0.25) is 28.8 Å². The number of nitrogens with one attached hydrogen (secondary N) is 3. The largest absolute Gasteiger partial charge is 0.383 e. The van der Waals surface area contributed by atoms with E-state index in [-0.39, 0.29) is 87.7 Å². The van der Waals surface area contributed by atoms with Gasteiger partial charge in [0, 0.05) is 65.2 Å². The number of nitrogens with two attached hydrogens (primary N) is 5. The molecule has 3 aliphatic rings. The highest BCUT2D eigenvalue weighted by Crippen LogP contribution is 2.39. The molecule has 4 heterocycles. The van der Waals surface area contributed by atoms with Gasteiger partial charge >= 0.3 is 0 Å². The fraction of sp³-hybridized carbons (Fsp3) is 0.292. The average molecular weight is 1320 g/mol. The van der Waals surface area contributed by atoms with Gasteiger partial charge in [0.25, 0.3) is 35.4 Å². The lowest BCUT2D eigenvalue weighted by Crippen LogP contribution is -2.24. The monoisotopic (exact) mass is 1320 g/mol. The van der Waals surface area contributed by atoms with Crippen LogP contribution >= 0.6 is 11.6 Å². The van der Waals surface area contributed by atoms with Crippen LogP contribution < -0.4 is 44.6 Å². The van der Waals surface area contributed by atoms with Crippen LogP contribution in [0.2, 0.25) is 5.15 Å². The van der Waals surface area contributed by atoms with Gasteiger partial charge < -0.3 is 49.4 Å². The first-order chi connectivity index (χ1) is 46.1. The molecule has 498 valence electrons. The van der Waals surface area contributed by atoms with Crippen molar-refractivity contribution >= 4 is 58.7 Å². The zero-order valence-electron chi connectivity index (χ0n) is 53.8. The summed E-state index contributed by atoms with van der Waals surface area (Å²) in [5, 5.41) is 22.6. The number of ether oxygens (including phenoxy) is 1. The van der Waals surface area contributed by atoms with E-state index in [1.54, 1.807) is 33.1 Å². The minimum atomic E-state index is -0.728. The van der Waals surface area contributed by atoms with Crippen molar-refractivity contribution in [3.05, 3.63) is 217 Å². The molecule has 21 nitrogen and oxygen atoms in total. The Kier molecular flexibility index (Phi) is 21.5. The van der Waals surface area contributed by atoms with Gasteiger partial charge in [0.2, 0.25) is 0 Å². The first kappa shape index (κ1) is 68.3. The summed E-state index contributed by atoms with van der Waals surface area (Å²) in [6, 6.07) is 38.5. The number of hydrogen-bond acceptors (Lipinski definition) is 12. The molecule has 0 bridgehead atoms. The van der Waals surface area contributed by atoms with Crippen molar-refractivity contribution in [2.45, 2.75) is 129 Å². The van der Waals surface area contributed by atoms with Gasteiger partial charge in [-0.05, 0) is 118 Å². The second-order valence-electron chi connectivity index (χ2n) is 24.3. The Morgan fingerprint density at radius 1 is 0.510 bits per heavy atom. The molecule has 6 amide bonds. The molecule has 0 spiro atoms. The number of aryl methyl sites for hydroxylation is 3. The Bertz CT molecular complexity index is 4380. The SMILES string of the molecule is Cc1ccc(F)cc1C(=O)NCc1ccc(-c2nn(C3CCCC3)c(N)c2C(N)=O)cc1F.Cc1ccccc1C(=O)NCc1ccc(-c2nn(C3CCCC3)c(Cl)c2C(N)=O)cc1.Cc1ccccc1C(=O)NCc1ccc(-c2nn(C3CCOC3C)c(N)c2C(N)=O)cc1. The number of rotatable bonds is 18. The van der Waals surface area contributed by atoms with E-state index in [1.807, 2.05) is 112 Å². The lowest BCUT2D eigenvalue weighted by Gasteiger charge is -2.16. The van der Waals surface area contributed by atoms with E-state index >= 15 is 0 Å². The number of primary amides is 3. The summed E-state index contributed by atoms with van der Waals surface area (Å²) in [4.78, 5) is 73.6. The first-order valence-electron chi connectivity index (χ1n) is 31.8. The van der Waals surface area contributed by atoms with Gasteiger partial charge in [-0.2, -0.15) is 15.3 Å². The Hall–Kier alpha value is -10.5. The van der Waals surface area contributed by atoms with E-state index in [4.69, 9.17) is 45.0 Å². The quantitative estimate of drug-likeness (QED) is 0.0398. The summed E-state index contributed by atoms with van der Waals surface area (Å²) < 4.78 is 39.0. The fourth-order valence-corrected chi connectivity index (χ4v) is 12.8. The van der Waals surface area contributed by atoms with E-state index in [1.165, 1.54) is 24.3 Å². The molecule has 9 aromatic rings. The molecule has 1 saturated heterocycles. The Balaban J connectivity index is 0.000000157. The van der Waals surface area contributed by atoms with Gasteiger partial charge in [0.15, 0.2) is 0 Å². The molecule has 2 atom stereocenters. The van der Waals surface area contributed by atoms with Crippen LogP contribution in [-0.4, -0.2) is 77.5 Å². The second kappa shape index (κ2) is 30.3. The number of nitrogen functional groups attached to an aromatic ring is 2. The van der Waals surface area contributed by atoms with Crippen molar-refractivity contribution in [2.75, 3.05) is 18.1 Å². The van der Waals surface area contributed by atoms with E-state index < -0.39 is 35.3 Å². The number of benzene rings is 6. The van der Waals surface area contributed by atoms with Crippen LogP contribution in [0.15, 0.2) is 133 Å². The van der Waals surface area contributed by atoms with Crippen LogP contribution in [0.5, 0.6) is 0 Å². The van der Waals surface area contributed by atoms with Crippen LogP contribution in [-0.2, 0) is 24.4 Å². The summed E-state index contributed by atoms with van der Waals surface area (Å²) in [5.41, 5.74) is 38.9. The molecule has 2 unspecified atom stereocenters. The highest BCUT2D eigenvalue weighted by atomic mass is 35.5. The summed E-state index contributed by atoms with van der Waals surface area (Å²) in [7, 11) is 0. The number of halogens is 3. The fourth-order valence-electron chi connectivity index (χ4n) is 12.5. The standard InChI is InChI=1S/C24H25ClN4O2.C24H25F2N5O2.C24H27N5O3/c1-15-6-2-5-9-19(15)24(31)27-14-16-10-12-17(13-11-16)21-20(23(26)30)22(25)29(28-21)18-7-3-4-8-18;1-13-6-9-16(25)11-18(13)24(33)29-12-15-8-7-14(10-19(15)26)21-20(23(28)32)22(27)31(30-21)17-4-2-3-5-17;1-14-5-3-4-6-18(14)24(31)27-13-16-7-9-17(10-8-16)21-20(23(26)30)22(25)29(28-21)19-11-12-32-15(19)2/h2,5-6,9-13,18H,3-4,7-8,14H2,1H3,(H2,26,30)(H,27,31);6-11,17H,2-5,12,27H2,1H3,(H2,28,32)(H,29,33);3-10,15,19H,11-13,25H2,1-2H3,(H2,26,30)(H,27,31). The van der Waals surface area contributed by atoms with E-state index in [0.29, 0.717) is 58.5 Å². The maximum absolute atomic E-state index is 14.9. The van der Waals surface area contributed by atoms with Gasteiger partial charge in [-0.1, -0.05) is 140 Å². The second-order valence-corrected chi connectivity index (χ2v) is 24.7. The number of hydrogen-bond donors (Lipinski definition) is 8. The maximum atomic E-state index is 14.9. The number of carbonyl (C=O) groups excluding carboxylic acids is 6. The number of carbonyl (C=O) groups is 6. The molecule has 24 heteroatoms. The summed E-state index contributed by atoms with van der Waals surface area (Å²) in [5.74, 6) is -3.35. The van der Waals surface area contributed by atoms with Crippen molar-refractivity contribution < 1.29 is 42.3 Å². The molecule has 96 heavy (non-hydrogen) atoms. The van der Waals surface area contributed by atoms with E-state index in [2.05, 4.69) is 31.2 Å². The number of anilines is 2. The molecule has 3 fully saturated rings. The predicted molar refractivity (Wildman–Crippen MR) is 363 cm³/mol. The third-order valence-corrected chi connectivity index (χ3v) is 18.2. The minimum Gasteiger partial charge on any atom is -0.383 e. The topological polar surface area (TPSA) is 331 Å². The van der Waals surface area contributed by atoms with Gasteiger partial charge in [-0.25, -0.2) is 22.8 Å². The molecule has 13 N–H and O–H groups in total. The molecule has 3 aromatic heterocycles. The van der Waals surface area contributed by atoms with Gasteiger partial charge in [0.1, 0.15) is 62.2 Å². The van der Waals surface area contributed by atoms with Gasteiger partial charge in [0.05, 0.1) is 24.2 Å². The number of amides is 6. The van der Waals surface area contributed by atoms with Crippen LogP contribution in [0.4, 0.5) is 20.4 Å². The van der Waals surface area contributed by atoms with E-state index in [0.717, 1.165) is 97.2 Å². The third kappa shape index (κ3) is 15.3. The van der Waals surface area contributed by atoms with E-state index in [9.17, 15) is 37.5 Å². The minimum absolute atomic E-state index is 0.0437. The van der Waals surface area contributed by atoms with Crippen molar-refractivity contribution in [2.24, 2.45) is 17.2 Å². The lowest BCUT2D eigenvalue weighted by atomic mass is 10.0. The number of nitrogens with zero attached hydrogens (tertiary/aromatic N) is 6. The molecule has 1 aliphatic heterocycles. The predicted octanol–water partition coefficient (Wildman–Crippen LogP) is 11.3. The molecule has 2 saturated carbocycles. The third-order valence-electron chi connectivity index (χ3n) is 17.8. The average Bonchev–Trinajstić information content (AvgIpc) is 1.64. The van der Waals surface area contributed by atoms with Crippen LogP contribution in [0, 0.1) is 32.4 Å². The van der Waals surface area contributed by atoms with Crippen LogP contribution in [0.1, 0.15) is 178 Å². The maximum Gasteiger partial charge on any atom is 0.254 e. The highest BCUT2D eigenvalue weighted by molar-refractivity contribution is 6.33. The first-order valence-corrected chi connectivity index (χ1v) is 32.2. The summed E-state index contributed by atoms with van der Waals surface area (Å²) in [6.45, 7) is 8.77.